The Morgan fingerprint density at radius 2 is 2.00 bits per heavy atom. The third kappa shape index (κ3) is 3.99. The van der Waals surface area contributed by atoms with E-state index in [-0.39, 0.29) is 0 Å². The maximum Gasteiger partial charge on any atom is 0.122 e. The van der Waals surface area contributed by atoms with Crippen LogP contribution in [0.1, 0.15) is 64.1 Å². The van der Waals surface area contributed by atoms with Crippen LogP contribution in [0.4, 0.5) is 0 Å². The van der Waals surface area contributed by atoms with Crippen LogP contribution in [0.15, 0.2) is 18.2 Å². The van der Waals surface area contributed by atoms with Gasteiger partial charge in [0.15, 0.2) is 0 Å². The van der Waals surface area contributed by atoms with Crippen molar-refractivity contribution in [2.45, 2.75) is 65.5 Å². The zero-order chi connectivity index (χ0) is 14.5. The van der Waals surface area contributed by atoms with Crippen LogP contribution in [-0.4, -0.2) is 12.6 Å². The molecule has 20 heavy (non-hydrogen) atoms. The number of hydrogen-bond acceptors (Lipinski definition) is 2. The Hall–Kier alpha value is -1.02. The van der Waals surface area contributed by atoms with Gasteiger partial charge in [0.2, 0.25) is 0 Å². The molecule has 112 valence electrons. The Balaban J connectivity index is 1.97. The molecule has 0 fully saturated rings. The lowest BCUT2D eigenvalue weighted by atomic mass is 9.98. The lowest BCUT2D eigenvalue weighted by molar-refractivity contribution is 0.356. The zero-order valence-corrected chi connectivity index (χ0v) is 13.4. The number of nitrogens with one attached hydrogen (secondary N) is 1. The molecule has 1 aromatic rings. The molecule has 1 aromatic carbocycles. The lowest BCUT2D eigenvalue weighted by Gasteiger charge is -2.23. The molecule has 0 aromatic heterocycles. The van der Waals surface area contributed by atoms with Gasteiger partial charge in [-0.2, -0.15) is 0 Å². The van der Waals surface area contributed by atoms with Crippen LogP contribution in [0, 0.1) is 5.92 Å². The van der Waals surface area contributed by atoms with Gasteiger partial charge in [0, 0.05) is 18.5 Å². The molecule has 0 radical (unpaired) electrons. The maximum absolute atomic E-state index is 5.59. The number of benzene rings is 1. The molecular weight excluding hydrogens is 246 g/mol. The van der Waals surface area contributed by atoms with Gasteiger partial charge in [-0.3, -0.25) is 0 Å². The molecular formula is C18H29NO. The van der Waals surface area contributed by atoms with E-state index >= 15 is 0 Å². The summed E-state index contributed by atoms with van der Waals surface area (Å²) in [7, 11) is 0. The second-order valence-corrected chi connectivity index (χ2v) is 6.47. The van der Waals surface area contributed by atoms with Crippen molar-refractivity contribution in [1.82, 2.24) is 5.32 Å². The normalized spacial score (nSPS) is 16.9. The molecule has 2 atom stereocenters. The SMILES string of the molecule is CCC(NC(C)CCC(C)C)c1ccc2c(c1)CCO2. The van der Waals surface area contributed by atoms with E-state index in [9.17, 15) is 0 Å². The molecule has 1 aliphatic rings. The lowest BCUT2D eigenvalue weighted by Crippen LogP contribution is -2.30. The van der Waals surface area contributed by atoms with E-state index in [1.807, 2.05) is 0 Å². The van der Waals surface area contributed by atoms with Crippen molar-refractivity contribution < 1.29 is 4.74 Å². The maximum atomic E-state index is 5.59. The Bertz CT molecular complexity index is 427. The molecule has 2 heteroatoms. The van der Waals surface area contributed by atoms with Crippen molar-refractivity contribution >= 4 is 0 Å². The van der Waals surface area contributed by atoms with Crippen LogP contribution in [0.5, 0.6) is 5.75 Å². The van der Waals surface area contributed by atoms with Crippen LogP contribution in [-0.2, 0) is 6.42 Å². The quantitative estimate of drug-likeness (QED) is 0.792. The van der Waals surface area contributed by atoms with Crippen LogP contribution < -0.4 is 10.1 Å². The second-order valence-electron chi connectivity index (χ2n) is 6.47. The summed E-state index contributed by atoms with van der Waals surface area (Å²) in [6, 6.07) is 7.73. The Morgan fingerprint density at radius 3 is 2.70 bits per heavy atom. The van der Waals surface area contributed by atoms with Gasteiger partial charge < -0.3 is 10.1 Å². The monoisotopic (exact) mass is 275 g/mol. The first-order valence-electron chi connectivity index (χ1n) is 8.11. The fraction of sp³-hybridized carbons (Fsp3) is 0.667. The zero-order valence-electron chi connectivity index (χ0n) is 13.4. The second kappa shape index (κ2) is 7.12. The van der Waals surface area contributed by atoms with Gasteiger partial charge in [0.1, 0.15) is 5.75 Å². The van der Waals surface area contributed by atoms with Gasteiger partial charge in [-0.25, -0.2) is 0 Å². The molecule has 0 saturated heterocycles. The molecule has 1 aliphatic heterocycles. The third-order valence-electron chi connectivity index (χ3n) is 4.19. The van der Waals surface area contributed by atoms with Gasteiger partial charge >= 0.3 is 0 Å². The summed E-state index contributed by atoms with van der Waals surface area (Å²) >= 11 is 0. The van der Waals surface area contributed by atoms with Gasteiger partial charge in [0.25, 0.3) is 0 Å². The van der Waals surface area contributed by atoms with E-state index in [4.69, 9.17) is 4.74 Å². The molecule has 2 unspecified atom stereocenters. The Morgan fingerprint density at radius 1 is 1.20 bits per heavy atom. The molecule has 0 bridgehead atoms. The minimum atomic E-state index is 0.461. The predicted molar refractivity (Wildman–Crippen MR) is 85.3 cm³/mol. The van der Waals surface area contributed by atoms with Crippen LogP contribution in [0.3, 0.4) is 0 Å². The van der Waals surface area contributed by atoms with E-state index in [0.717, 1.165) is 31.1 Å². The van der Waals surface area contributed by atoms with E-state index < -0.39 is 0 Å². The molecule has 1 N–H and O–H groups in total. The average molecular weight is 275 g/mol. The van der Waals surface area contributed by atoms with Crippen molar-refractivity contribution in [1.29, 1.82) is 0 Å². The summed E-state index contributed by atoms with van der Waals surface area (Å²) in [4.78, 5) is 0. The number of rotatable bonds is 7. The fourth-order valence-electron chi connectivity index (χ4n) is 2.88. The van der Waals surface area contributed by atoms with Gasteiger partial charge in [-0.15, -0.1) is 0 Å². The largest absolute Gasteiger partial charge is 0.493 e. The summed E-state index contributed by atoms with van der Waals surface area (Å²) in [6.07, 6.45) is 4.74. The minimum absolute atomic E-state index is 0.461. The highest BCUT2D eigenvalue weighted by Crippen LogP contribution is 2.29. The first kappa shape index (κ1) is 15.4. The Labute approximate surface area is 123 Å². The van der Waals surface area contributed by atoms with Crippen molar-refractivity contribution in [2.24, 2.45) is 5.92 Å². The van der Waals surface area contributed by atoms with Crippen LogP contribution >= 0.6 is 0 Å². The van der Waals surface area contributed by atoms with Gasteiger partial charge in [-0.1, -0.05) is 32.9 Å². The number of hydrogen-bond donors (Lipinski definition) is 1. The smallest absolute Gasteiger partial charge is 0.122 e. The van der Waals surface area contributed by atoms with Crippen molar-refractivity contribution in [3.8, 4) is 5.75 Å². The summed E-state index contributed by atoms with van der Waals surface area (Å²) in [5.41, 5.74) is 2.78. The summed E-state index contributed by atoms with van der Waals surface area (Å²) in [5, 5.41) is 3.79. The summed E-state index contributed by atoms with van der Waals surface area (Å²) in [5.74, 6) is 1.87. The first-order chi connectivity index (χ1) is 9.60. The van der Waals surface area contributed by atoms with Gasteiger partial charge in [-0.05, 0) is 49.3 Å². The standard InChI is InChI=1S/C18H29NO/c1-5-17(19-14(4)7-6-13(2)3)15-8-9-18-16(12-15)10-11-20-18/h8-9,12-14,17,19H,5-7,10-11H2,1-4H3. The molecule has 2 rings (SSSR count). The fourth-order valence-corrected chi connectivity index (χ4v) is 2.88. The highest BCUT2D eigenvalue weighted by Gasteiger charge is 2.17. The van der Waals surface area contributed by atoms with Gasteiger partial charge in [0.05, 0.1) is 6.61 Å². The minimum Gasteiger partial charge on any atom is -0.493 e. The average Bonchev–Trinajstić information content (AvgIpc) is 2.89. The molecule has 2 nitrogen and oxygen atoms in total. The van der Waals surface area contributed by atoms with Crippen molar-refractivity contribution in [3.05, 3.63) is 29.3 Å². The van der Waals surface area contributed by atoms with E-state index in [1.54, 1.807) is 0 Å². The van der Waals surface area contributed by atoms with Crippen molar-refractivity contribution in [3.63, 3.8) is 0 Å². The molecule has 1 heterocycles. The molecule has 0 spiro atoms. The molecule has 0 amide bonds. The first-order valence-corrected chi connectivity index (χ1v) is 8.11. The van der Waals surface area contributed by atoms with Crippen LogP contribution in [0.2, 0.25) is 0 Å². The summed E-state index contributed by atoms with van der Waals surface area (Å²) < 4.78 is 5.59. The van der Waals surface area contributed by atoms with Crippen molar-refractivity contribution in [2.75, 3.05) is 6.61 Å². The molecule has 0 saturated carbocycles. The number of fused-ring (bicyclic) bond motifs is 1. The van der Waals surface area contributed by atoms with Crippen LogP contribution in [0.25, 0.3) is 0 Å². The highest BCUT2D eigenvalue weighted by atomic mass is 16.5. The van der Waals surface area contributed by atoms with E-state index in [2.05, 4.69) is 51.2 Å². The van der Waals surface area contributed by atoms with E-state index in [1.165, 1.54) is 24.0 Å². The predicted octanol–water partition coefficient (Wildman–Crippen LogP) is 4.49. The van der Waals surface area contributed by atoms with E-state index in [0.29, 0.717) is 12.1 Å². The molecule has 0 aliphatic carbocycles. The summed E-state index contributed by atoms with van der Waals surface area (Å²) in [6.45, 7) is 10.0. The topological polar surface area (TPSA) is 21.3 Å². The highest BCUT2D eigenvalue weighted by molar-refractivity contribution is 5.40. The number of ether oxygens (including phenoxy) is 1. The Kier molecular flexibility index (Phi) is 5.47. The third-order valence-corrected chi connectivity index (χ3v) is 4.19.